The van der Waals surface area contributed by atoms with Crippen LogP contribution in [-0.4, -0.2) is 25.5 Å². The molecule has 2 aliphatic rings. The first-order chi connectivity index (χ1) is 10.1. The van der Waals surface area contributed by atoms with Gasteiger partial charge < -0.3 is 15.5 Å². The molecule has 21 heavy (non-hydrogen) atoms. The summed E-state index contributed by atoms with van der Waals surface area (Å²) in [7, 11) is 2.15. The quantitative estimate of drug-likeness (QED) is 0.873. The zero-order valence-electron chi connectivity index (χ0n) is 12.6. The zero-order chi connectivity index (χ0) is 15.0. The van der Waals surface area contributed by atoms with Gasteiger partial charge in [-0.15, -0.1) is 0 Å². The van der Waals surface area contributed by atoms with Crippen LogP contribution in [-0.2, 0) is 4.79 Å². The Labute approximate surface area is 134 Å². The topological polar surface area (TPSA) is 44.4 Å². The number of hydrogen-bond acceptors (Lipinski definition) is 3. The van der Waals surface area contributed by atoms with Crippen molar-refractivity contribution in [2.75, 3.05) is 23.8 Å². The third kappa shape index (κ3) is 2.69. The van der Waals surface area contributed by atoms with E-state index in [0.717, 1.165) is 28.0 Å². The van der Waals surface area contributed by atoms with E-state index in [4.69, 9.17) is 0 Å². The van der Waals surface area contributed by atoms with E-state index in [1.165, 1.54) is 25.7 Å². The van der Waals surface area contributed by atoms with E-state index in [9.17, 15) is 4.79 Å². The van der Waals surface area contributed by atoms with E-state index >= 15 is 0 Å². The highest BCUT2D eigenvalue weighted by atomic mass is 79.9. The molecule has 0 radical (unpaired) electrons. The molecule has 1 aliphatic heterocycles. The first kappa shape index (κ1) is 14.9. The fourth-order valence-electron chi connectivity index (χ4n) is 3.44. The van der Waals surface area contributed by atoms with E-state index in [-0.39, 0.29) is 11.9 Å². The number of fused-ring (bicyclic) bond motifs is 1. The van der Waals surface area contributed by atoms with Crippen LogP contribution in [0.4, 0.5) is 11.4 Å². The van der Waals surface area contributed by atoms with Crippen LogP contribution in [0.1, 0.15) is 44.2 Å². The monoisotopic (exact) mass is 351 g/mol. The molecule has 4 nitrogen and oxygen atoms in total. The average molecular weight is 352 g/mol. The van der Waals surface area contributed by atoms with Crippen molar-refractivity contribution in [1.82, 2.24) is 5.32 Å². The molecule has 1 amide bonds. The first-order valence-electron chi connectivity index (χ1n) is 7.72. The summed E-state index contributed by atoms with van der Waals surface area (Å²) in [6, 6.07) is 4.57. The second-order valence-electron chi connectivity index (χ2n) is 5.92. The number of nitrogens with one attached hydrogen (secondary N) is 2. The number of rotatable bonds is 4. The van der Waals surface area contributed by atoms with Gasteiger partial charge >= 0.3 is 0 Å². The minimum absolute atomic E-state index is 0.0411. The summed E-state index contributed by atoms with van der Waals surface area (Å²) in [5.41, 5.74) is 3.14. The number of halogens is 1. The number of anilines is 2. The van der Waals surface area contributed by atoms with Crippen LogP contribution in [0.15, 0.2) is 16.6 Å². The normalized spacial score (nSPS) is 21.5. The van der Waals surface area contributed by atoms with Crippen molar-refractivity contribution in [2.24, 2.45) is 0 Å². The molecule has 1 atom stereocenters. The Kier molecular flexibility index (Phi) is 4.22. The van der Waals surface area contributed by atoms with Crippen LogP contribution >= 0.6 is 15.9 Å². The highest BCUT2D eigenvalue weighted by Gasteiger charge is 2.31. The largest absolute Gasteiger partial charge is 0.371 e. The van der Waals surface area contributed by atoms with Gasteiger partial charge in [0.25, 0.3) is 0 Å². The van der Waals surface area contributed by atoms with Crippen molar-refractivity contribution in [1.29, 1.82) is 0 Å². The minimum Gasteiger partial charge on any atom is -0.371 e. The fourth-order valence-corrected chi connectivity index (χ4v) is 4.08. The summed E-state index contributed by atoms with van der Waals surface area (Å²) in [6.07, 6.45) is 5.15. The number of likely N-dealkylation sites (N-methyl/N-ethyl adjacent to an activating group) is 1. The molecule has 1 heterocycles. The zero-order valence-corrected chi connectivity index (χ0v) is 14.2. The Morgan fingerprint density at radius 2 is 2.10 bits per heavy atom. The van der Waals surface area contributed by atoms with Crippen LogP contribution < -0.4 is 15.5 Å². The number of hydrogen-bond donors (Lipinski definition) is 2. The number of nitrogens with zero attached hydrogens (tertiary/aromatic N) is 1. The Balaban J connectivity index is 1.92. The molecule has 2 N–H and O–H groups in total. The van der Waals surface area contributed by atoms with Gasteiger partial charge in [0.05, 0.1) is 5.69 Å². The van der Waals surface area contributed by atoms with Crippen molar-refractivity contribution in [3.63, 3.8) is 0 Å². The van der Waals surface area contributed by atoms with E-state index in [1.54, 1.807) is 0 Å². The van der Waals surface area contributed by atoms with Gasteiger partial charge in [-0.25, -0.2) is 0 Å². The van der Waals surface area contributed by atoms with Gasteiger partial charge in [0.1, 0.15) is 6.04 Å². The summed E-state index contributed by atoms with van der Waals surface area (Å²) in [6.45, 7) is 2.79. The van der Waals surface area contributed by atoms with E-state index < -0.39 is 0 Å². The summed E-state index contributed by atoms with van der Waals surface area (Å²) >= 11 is 3.69. The molecule has 1 aliphatic carbocycles. The molecule has 114 valence electrons. The second-order valence-corrected chi connectivity index (χ2v) is 6.77. The highest BCUT2D eigenvalue weighted by Crippen LogP contribution is 2.40. The van der Waals surface area contributed by atoms with Crippen molar-refractivity contribution in [3.8, 4) is 0 Å². The predicted molar refractivity (Wildman–Crippen MR) is 89.8 cm³/mol. The lowest BCUT2D eigenvalue weighted by molar-refractivity contribution is -0.117. The molecule has 1 fully saturated rings. The number of carbonyl (C=O) groups excluding carboxylic acids is 1. The van der Waals surface area contributed by atoms with Crippen LogP contribution in [0.25, 0.3) is 0 Å². The van der Waals surface area contributed by atoms with Gasteiger partial charge in [-0.2, -0.15) is 0 Å². The van der Waals surface area contributed by atoms with Gasteiger partial charge in [0, 0.05) is 28.8 Å². The van der Waals surface area contributed by atoms with Crippen LogP contribution in [0.5, 0.6) is 0 Å². The summed E-state index contributed by atoms with van der Waals surface area (Å²) in [5.74, 6) is 0.0411. The second kappa shape index (κ2) is 5.97. The van der Waals surface area contributed by atoms with Crippen molar-refractivity contribution < 1.29 is 4.79 Å². The van der Waals surface area contributed by atoms with Crippen molar-refractivity contribution in [3.05, 3.63) is 22.2 Å². The van der Waals surface area contributed by atoms with E-state index in [1.807, 2.05) is 6.92 Å². The van der Waals surface area contributed by atoms with Gasteiger partial charge in [0.15, 0.2) is 0 Å². The minimum atomic E-state index is -0.230. The lowest BCUT2D eigenvalue weighted by Gasteiger charge is -2.28. The maximum atomic E-state index is 12.1. The Morgan fingerprint density at radius 1 is 1.38 bits per heavy atom. The van der Waals surface area contributed by atoms with Crippen LogP contribution in [0.2, 0.25) is 0 Å². The van der Waals surface area contributed by atoms with Crippen LogP contribution in [0.3, 0.4) is 0 Å². The molecule has 1 aromatic carbocycles. The SMILES string of the molecule is CCNC1C(=O)Nc2cc(N(C)C3CCCC3)c(Br)cc21. The van der Waals surface area contributed by atoms with E-state index in [0.29, 0.717) is 6.04 Å². The molecular weight excluding hydrogens is 330 g/mol. The van der Waals surface area contributed by atoms with Gasteiger partial charge in [-0.3, -0.25) is 4.79 Å². The first-order valence-corrected chi connectivity index (χ1v) is 8.51. The molecular formula is C16H22BrN3O. The molecule has 0 bridgehead atoms. The fraction of sp³-hybridized carbons (Fsp3) is 0.562. The van der Waals surface area contributed by atoms with Crippen LogP contribution in [0, 0.1) is 0 Å². The molecule has 5 heteroatoms. The molecule has 1 saturated carbocycles. The molecule has 0 saturated heterocycles. The number of carbonyl (C=O) groups is 1. The van der Waals surface area contributed by atoms with Gasteiger partial charge in [-0.05, 0) is 47.4 Å². The Morgan fingerprint density at radius 3 is 2.76 bits per heavy atom. The lowest BCUT2D eigenvalue weighted by Crippen LogP contribution is -2.29. The summed E-state index contributed by atoms with van der Waals surface area (Å²) in [5, 5.41) is 6.23. The van der Waals surface area contributed by atoms with Gasteiger partial charge in [0.2, 0.25) is 5.91 Å². The van der Waals surface area contributed by atoms with Crippen molar-refractivity contribution >= 4 is 33.2 Å². The molecule has 1 unspecified atom stereocenters. The summed E-state index contributed by atoms with van der Waals surface area (Å²) in [4.78, 5) is 14.4. The third-order valence-corrected chi connectivity index (χ3v) is 5.25. The molecule has 0 spiro atoms. The molecule has 3 rings (SSSR count). The standard InChI is InChI=1S/C16H22BrN3O/c1-3-18-15-11-8-12(17)14(9-13(11)19-16(15)21)20(2)10-6-4-5-7-10/h8-10,15,18H,3-7H2,1-2H3,(H,19,21). The predicted octanol–water partition coefficient (Wildman–Crippen LogP) is 3.43. The lowest BCUT2D eigenvalue weighted by atomic mass is 10.1. The van der Waals surface area contributed by atoms with Gasteiger partial charge in [-0.1, -0.05) is 19.8 Å². The van der Waals surface area contributed by atoms with E-state index in [2.05, 4.69) is 50.6 Å². The Bertz CT molecular complexity index is 555. The third-order valence-electron chi connectivity index (χ3n) is 4.61. The maximum absolute atomic E-state index is 12.1. The molecule has 1 aromatic rings. The number of amides is 1. The molecule has 0 aromatic heterocycles. The maximum Gasteiger partial charge on any atom is 0.246 e. The van der Waals surface area contributed by atoms with Crippen molar-refractivity contribution in [2.45, 2.75) is 44.7 Å². The Hall–Kier alpha value is -1.07. The summed E-state index contributed by atoms with van der Waals surface area (Å²) < 4.78 is 1.06. The smallest absolute Gasteiger partial charge is 0.246 e. The highest BCUT2D eigenvalue weighted by molar-refractivity contribution is 9.10. The number of benzene rings is 1. The average Bonchev–Trinajstić information content (AvgIpc) is 3.08.